The molecule has 4 rings (SSSR count). The predicted octanol–water partition coefficient (Wildman–Crippen LogP) is 3.96. The molecular weight excluding hydrogens is 409 g/mol. The Morgan fingerprint density at radius 2 is 1.81 bits per heavy atom. The first kappa shape index (κ1) is 20.9. The lowest BCUT2D eigenvalue weighted by molar-refractivity contribution is 0.394. The molecule has 1 aliphatic carbocycles. The van der Waals surface area contributed by atoms with E-state index in [2.05, 4.69) is 15.3 Å². The van der Waals surface area contributed by atoms with E-state index in [1.165, 1.54) is 7.11 Å². The molecule has 3 aromatic rings. The van der Waals surface area contributed by atoms with Crippen LogP contribution < -0.4 is 15.6 Å². The standard InChI is InChI=1S/C22H21F3N4O2/c1-11-7-17(12(2)26-21(11)31-3)27-22-28-20(30)14-5-4-6-18(14)29(22)10-13-8-15(23)19(25)16(24)9-13/h7-9H,4-6,10H2,1-3H3,(H,27,28,30). The van der Waals surface area contributed by atoms with Gasteiger partial charge in [-0.25, -0.2) is 18.2 Å². The minimum absolute atomic E-state index is 0.0215. The summed E-state index contributed by atoms with van der Waals surface area (Å²) in [4.78, 5) is 21.1. The van der Waals surface area contributed by atoms with E-state index in [4.69, 9.17) is 4.74 Å². The summed E-state index contributed by atoms with van der Waals surface area (Å²) in [5, 5.41) is 3.14. The van der Waals surface area contributed by atoms with Gasteiger partial charge in [-0.3, -0.25) is 4.79 Å². The SMILES string of the molecule is COc1nc(C)c(Nc2nc(=O)c3c(n2Cc2cc(F)c(F)c(F)c2)CCC3)cc1C. The molecule has 31 heavy (non-hydrogen) atoms. The van der Waals surface area contributed by atoms with E-state index in [1.807, 2.05) is 13.0 Å². The molecule has 6 nitrogen and oxygen atoms in total. The van der Waals surface area contributed by atoms with Crippen LogP contribution >= 0.6 is 0 Å². The number of halogens is 3. The van der Waals surface area contributed by atoms with Crippen molar-refractivity contribution in [1.29, 1.82) is 0 Å². The number of ether oxygens (including phenoxy) is 1. The molecule has 0 aliphatic heterocycles. The molecule has 0 saturated heterocycles. The second kappa shape index (κ2) is 8.05. The molecule has 2 heterocycles. The van der Waals surface area contributed by atoms with Gasteiger partial charge in [-0.1, -0.05) is 0 Å². The monoisotopic (exact) mass is 430 g/mol. The number of rotatable bonds is 5. The first-order valence-electron chi connectivity index (χ1n) is 9.83. The Labute approximate surface area is 176 Å². The van der Waals surface area contributed by atoms with Crippen molar-refractivity contribution in [2.45, 2.75) is 39.7 Å². The summed E-state index contributed by atoms with van der Waals surface area (Å²) >= 11 is 0. The fourth-order valence-corrected chi connectivity index (χ4v) is 3.89. The maximum absolute atomic E-state index is 13.8. The topological polar surface area (TPSA) is 69.0 Å². The molecule has 9 heteroatoms. The molecule has 162 valence electrons. The van der Waals surface area contributed by atoms with Gasteiger partial charge in [0.25, 0.3) is 5.56 Å². The highest BCUT2D eigenvalue weighted by atomic mass is 19.2. The van der Waals surface area contributed by atoms with E-state index in [0.717, 1.165) is 29.8 Å². The highest BCUT2D eigenvalue weighted by Crippen LogP contribution is 2.28. The average Bonchev–Trinajstić information content (AvgIpc) is 3.22. The number of benzene rings is 1. The summed E-state index contributed by atoms with van der Waals surface area (Å²) in [5.41, 5.74) is 3.26. The Morgan fingerprint density at radius 1 is 1.10 bits per heavy atom. The second-order valence-corrected chi connectivity index (χ2v) is 7.55. The molecule has 0 radical (unpaired) electrons. The van der Waals surface area contributed by atoms with Crippen LogP contribution in [0.3, 0.4) is 0 Å². The zero-order valence-corrected chi connectivity index (χ0v) is 17.4. The van der Waals surface area contributed by atoms with E-state index >= 15 is 0 Å². The third kappa shape index (κ3) is 3.87. The quantitative estimate of drug-likeness (QED) is 0.621. The molecule has 0 amide bonds. The first-order chi connectivity index (χ1) is 14.8. The number of fused-ring (bicyclic) bond motifs is 1. The summed E-state index contributed by atoms with van der Waals surface area (Å²) in [7, 11) is 1.53. The van der Waals surface area contributed by atoms with Crippen LogP contribution in [-0.4, -0.2) is 21.6 Å². The molecular formula is C22H21F3N4O2. The summed E-state index contributed by atoms with van der Waals surface area (Å²) in [6.45, 7) is 3.64. The number of hydrogen-bond donors (Lipinski definition) is 1. The molecule has 0 unspecified atom stereocenters. The lowest BCUT2D eigenvalue weighted by atomic mass is 10.2. The van der Waals surface area contributed by atoms with Gasteiger partial charge >= 0.3 is 0 Å². The first-order valence-corrected chi connectivity index (χ1v) is 9.83. The predicted molar refractivity (Wildman–Crippen MR) is 109 cm³/mol. The zero-order valence-electron chi connectivity index (χ0n) is 17.4. The maximum Gasteiger partial charge on any atom is 0.277 e. The second-order valence-electron chi connectivity index (χ2n) is 7.55. The Hall–Kier alpha value is -3.36. The summed E-state index contributed by atoms with van der Waals surface area (Å²) in [6.07, 6.45) is 2.01. The van der Waals surface area contributed by atoms with Gasteiger partial charge in [0.2, 0.25) is 11.8 Å². The van der Waals surface area contributed by atoms with Crippen molar-refractivity contribution in [3.63, 3.8) is 0 Å². The van der Waals surface area contributed by atoms with Crippen molar-refractivity contribution in [2.24, 2.45) is 0 Å². The van der Waals surface area contributed by atoms with Gasteiger partial charge in [-0.05, 0) is 56.9 Å². The van der Waals surface area contributed by atoms with E-state index in [-0.39, 0.29) is 23.6 Å². The van der Waals surface area contributed by atoms with E-state index in [0.29, 0.717) is 35.7 Å². The number of pyridine rings is 1. The smallest absolute Gasteiger partial charge is 0.277 e. The third-order valence-corrected chi connectivity index (χ3v) is 5.42. The van der Waals surface area contributed by atoms with Crippen molar-refractivity contribution in [1.82, 2.24) is 14.5 Å². The van der Waals surface area contributed by atoms with Crippen molar-refractivity contribution in [2.75, 3.05) is 12.4 Å². The minimum Gasteiger partial charge on any atom is -0.481 e. The van der Waals surface area contributed by atoms with E-state index in [9.17, 15) is 18.0 Å². The maximum atomic E-state index is 13.8. The zero-order chi connectivity index (χ0) is 22.3. The molecule has 2 aromatic heterocycles. The van der Waals surface area contributed by atoms with Gasteiger partial charge in [0.1, 0.15) is 0 Å². The number of aryl methyl sites for hydroxylation is 2. The van der Waals surface area contributed by atoms with Crippen LogP contribution in [0.4, 0.5) is 24.8 Å². The molecule has 0 fully saturated rings. The van der Waals surface area contributed by atoms with Crippen LogP contribution in [0.1, 0.15) is 34.5 Å². The number of methoxy groups -OCH3 is 1. The minimum atomic E-state index is -1.51. The van der Waals surface area contributed by atoms with Crippen molar-refractivity contribution < 1.29 is 17.9 Å². The molecule has 0 saturated carbocycles. The normalized spacial score (nSPS) is 12.7. The number of nitrogens with one attached hydrogen (secondary N) is 1. The number of anilines is 2. The van der Waals surface area contributed by atoms with Gasteiger partial charge in [-0.15, -0.1) is 0 Å². The summed E-state index contributed by atoms with van der Waals surface area (Å²) in [5.74, 6) is -3.33. The van der Waals surface area contributed by atoms with E-state index in [1.54, 1.807) is 11.5 Å². The number of hydrogen-bond acceptors (Lipinski definition) is 5. The van der Waals surface area contributed by atoms with Crippen molar-refractivity contribution in [3.8, 4) is 5.88 Å². The third-order valence-electron chi connectivity index (χ3n) is 5.42. The molecule has 0 atom stereocenters. The van der Waals surface area contributed by atoms with Gasteiger partial charge in [0, 0.05) is 16.8 Å². The Bertz CT molecular complexity index is 1220. The van der Waals surface area contributed by atoms with Gasteiger partial charge in [-0.2, -0.15) is 4.98 Å². The fourth-order valence-electron chi connectivity index (χ4n) is 3.89. The van der Waals surface area contributed by atoms with Crippen molar-refractivity contribution in [3.05, 3.63) is 74.1 Å². The summed E-state index contributed by atoms with van der Waals surface area (Å²) < 4.78 is 47.9. The number of nitrogens with zero attached hydrogens (tertiary/aromatic N) is 3. The lowest BCUT2D eigenvalue weighted by Crippen LogP contribution is -2.23. The largest absolute Gasteiger partial charge is 0.481 e. The Morgan fingerprint density at radius 3 is 2.48 bits per heavy atom. The highest BCUT2D eigenvalue weighted by molar-refractivity contribution is 5.59. The van der Waals surface area contributed by atoms with E-state index < -0.39 is 17.5 Å². The van der Waals surface area contributed by atoms with Gasteiger partial charge in [0.05, 0.1) is 25.0 Å². The molecule has 0 bridgehead atoms. The van der Waals surface area contributed by atoms with Crippen LogP contribution in [0, 0.1) is 31.3 Å². The van der Waals surface area contributed by atoms with Crippen LogP contribution in [0.2, 0.25) is 0 Å². The molecule has 1 aromatic carbocycles. The Kier molecular flexibility index (Phi) is 5.43. The van der Waals surface area contributed by atoms with Gasteiger partial charge in [0.15, 0.2) is 17.5 Å². The highest BCUT2D eigenvalue weighted by Gasteiger charge is 2.23. The average molecular weight is 430 g/mol. The van der Waals surface area contributed by atoms with Gasteiger partial charge < -0.3 is 14.6 Å². The summed E-state index contributed by atoms with van der Waals surface area (Å²) in [6, 6.07) is 3.72. The lowest BCUT2D eigenvalue weighted by Gasteiger charge is -2.20. The fraction of sp³-hybridized carbons (Fsp3) is 0.318. The van der Waals surface area contributed by atoms with Crippen molar-refractivity contribution >= 4 is 11.6 Å². The van der Waals surface area contributed by atoms with Crippen LogP contribution in [0.5, 0.6) is 5.88 Å². The Balaban J connectivity index is 1.81. The van der Waals surface area contributed by atoms with Crippen LogP contribution in [-0.2, 0) is 19.4 Å². The van der Waals surface area contributed by atoms with Crippen LogP contribution in [0.15, 0.2) is 23.0 Å². The molecule has 0 spiro atoms. The molecule has 1 aliphatic rings. The van der Waals surface area contributed by atoms with Crippen LogP contribution in [0.25, 0.3) is 0 Å². The number of aromatic nitrogens is 3. The molecule has 1 N–H and O–H groups in total.